The van der Waals surface area contributed by atoms with Gasteiger partial charge in [0.25, 0.3) is 0 Å². The summed E-state index contributed by atoms with van der Waals surface area (Å²) in [5.74, 6) is 0.504. The Morgan fingerprint density at radius 3 is 1.90 bits per heavy atom. The molecule has 0 unspecified atom stereocenters. The summed E-state index contributed by atoms with van der Waals surface area (Å²) in [5.41, 5.74) is -0.311. The maximum atomic E-state index is 11.6. The molecule has 0 bridgehead atoms. The van der Waals surface area contributed by atoms with Crippen LogP contribution in [0.4, 0.5) is 0 Å². The van der Waals surface area contributed by atoms with E-state index in [2.05, 4.69) is 12.2 Å². The number of hydrogen-bond donors (Lipinski definition) is 1. The molecular weight excluding hydrogens is 250 g/mol. The van der Waals surface area contributed by atoms with Crippen molar-refractivity contribution in [3.63, 3.8) is 0 Å². The first kappa shape index (κ1) is 19.1. The predicted octanol–water partition coefficient (Wildman–Crippen LogP) is 4.25. The summed E-state index contributed by atoms with van der Waals surface area (Å²) in [4.78, 5) is 23.2. The minimum atomic E-state index is -0.311. The smallest absolute Gasteiger partial charge is 0.225 e. The largest absolute Gasteiger partial charge is 0.356 e. The summed E-state index contributed by atoms with van der Waals surface area (Å²) in [7, 11) is 0. The average Bonchev–Trinajstić information content (AvgIpc) is 2.37. The molecule has 0 saturated heterocycles. The second kappa shape index (κ2) is 10.9. The highest BCUT2D eigenvalue weighted by molar-refractivity contribution is 5.81. The van der Waals surface area contributed by atoms with Gasteiger partial charge in [0.05, 0.1) is 0 Å². The van der Waals surface area contributed by atoms with E-state index in [-0.39, 0.29) is 11.3 Å². The Labute approximate surface area is 124 Å². The van der Waals surface area contributed by atoms with E-state index < -0.39 is 0 Å². The zero-order valence-electron chi connectivity index (χ0n) is 13.9. The number of carbonyl (C=O) groups excluding carboxylic acids is 2. The second-order valence-electron chi connectivity index (χ2n) is 6.67. The Balaban J connectivity index is 3.40. The minimum absolute atomic E-state index is 0.101. The van der Waals surface area contributed by atoms with Gasteiger partial charge in [-0.1, -0.05) is 53.4 Å². The lowest BCUT2D eigenvalue weighted by molar-refractivity contribution is -0.128. The molecule has 3 nitrogen and oxygen atoms in total. The van der Waals surface area contributed by atoms with Crippen LogP contribution in [0.15, 0.2) is 0 Å². The normalized spacial score (nSPS) is 11.4. The van der Waals surface area contributed by atoms with Gasteiger partial charge in [-0.3, -0.25) is 9.59 Å². The fraction of sp³-hybridized carbons (Fsp3) is 0.882. The highest BCUT2D eigenvalue weighted by Gasteiger charge is 2.19. The molecule has 0 heterocycles. The molecule has 1 amide bonds. The zero-order valence-corrected chi connectivity index (χ0v) is 13.9. The van der Waals surface area contributed by atoms with Crippen molar-refractivity contribution in [1.82, 2.24) is 5.32 Å². The van der Waals surface area contributed by atoms with Crippen LogP contribution in [-0.4, -0.2) is 18.2 Å². The molecular formula is C17H33NO2. The fourth-order valence-corrected chi connectivity index (χ4v) is 1.96. The van der Waals surface area contributed by atoms with Crippen LogP contribution in [0.2, 0.25) is 0 Å². The second-order valence-corrected chi connectivity index (χ2v) is 6.67. The number of unbranched alkanes of at least 4 members (excludes halogenated alkanes) is 5. The highest BCUT2D eigenvalue weighted by atomic mass is 16.2. The SMILES string of the molecule is CCCCCCC(=O)CCCCCNC(=O)C(C)(C)C. The first-order valence-electron chi connectivity index (χ1n) is 8.18. The molecule has 0 atom stereocenters. The van der Waals surface area contributed by atoms with Gasteiger partial charge in [0.1, 0.15) is 5.78 Å². The first-order valence-corrected chi connectivity index (χ1v) is 8.18. The maximum absolute atomic E-state index is 11.6. The molecule has 118 valence electrons. The Hall–Kier alpha value is -0.860. The van der Waals surface area contributed by atoms with E-state index >= 15 is 0 Å². The standard InChI is InChI=1S/C17H33NO2/c1-5-6-7-9-12-15(19)13-10-8-11-14-18-16(20)17(2,3)4/h5-14H2,1-4H3,(H,18,20). The number of amides is 1. The van der Waals surface area contributed by atoms with Gasteiger partial charge >= 0.3 is 0 Å². The van der Waals surface area contributed by atoms with E-state index in [9.17, 15) is 9.59 Å². The molecule has 0 aromatic carbocycles. The first-order chi connectivity index (χ1) is 9.38. The van der Waals surface area contributed by atoms with Crippen molar-refractivity contribution in [2.75, 3.05) is 6.54 Å². The van der Waals surface area contributed by atoms with E-state index in [0.29, 0.717) is 12.2 Å². The number of nitrogens with one attached hydrogen (secondary N) is 1. The molecule has 0 spiro atoms. The molecule has 20 heavy (non-hydrogen) atoms. The van der Waals surface area contributed by atoms with Gasteiger partial charge in [0, 0.05) is 24.8 Å². The molecule has 0 rings (SSSR count). The van der Waals surface area contributed by atoms with Crippen molar-refractivity contribution < 1.29 is 9.59 Å². The van der Waals surface area contributed by atoms with Crippen molar-refractivity contribution in [2.45, 2.75) is 85.5 Å². The van der Waals surface area contributed by atoms with Crippen molar-refractivity contribution in [3.05, 3.63) is 0 Å². The molecule has 0 aliphatic heterocycles. The molecule has 0 fully saturated rings. The van der Waals surface area contributed by atoms with E-state index in [4.69, 9.17) is 0 Å². The van der Waals surface area contributed by atoms with Gasteiger partial charge in [-0.2, -0.15) is 0 Å². The van der Waals surface area contributed by atoms with Crippen LogP contribution in [0.5, 0.6) is 0 Å². The molecule has 3 heteroatoms. The van der Waals surface area contributed by atoms with E-state index in [0.717, 1.165) is 38.6 Å². The van der Waals surface area contributed by atoms with Crippen molar-refractivity contribution in [2.24, 2.45) is 5.41 Å². The Kier molecular flexibility index (Phi) is 10.4. The summed E-state index contributed by atoms with van der Waals surface area (Å²) >= 11 is 0. The molecule has 0 radical (unpaired) electrons. The molecule has 0 aliphatic rings. The van der Waals surface area contributed by atoms with Gasteiger partial charge in [-0.15, -0.1) is 0 Å². The Bertz CT molecular complexity index is 279. The van der Waals surface area contributed by atoms with Crippen LogP contribution in [0.25, 0.3) is 0 Å². The summed E-state index contributed by atoms with van der Waals surface area (Å²) < 4.78 is 0. The Morgan fingerprint density at radius 2 is 1.40 bits per heavy atom. The summed E-state index contributed by atoms with van der Waals surface area (Å²) in [6.45, 7) is 8.65. The van der Waals surface area contributed by atoms with Gasteiger partial charge in [0.15, 0.2) is 0 Å². The molecule has 1 N–H and O–H groups in total. The van der Waals surface area contributed by atoms with Crippen LogP contribution >= 0.6 is 0 Å². The average molecular weight is 283 g/mol. The van der Waals surface area contributed by atoms with Crippen molar-refractivity contribution in [1.29, 1.82) is 0 Å². The predicted molar refractivity (Wildman–Crippen MR) is 84.7 cm³/mol. The number of carbonyl (C=O) groups is 2. The van der Waals surface area contributed by atoms with Crippen molar-refractivity contribution in [3.8, 4) is 0 Å². The number of rotatable bonds is 11. The van der Waals surface area contributed by atoms with Gasteiger partial charge in [0.2, 0.25) is 5.91 Å². The number of Topliss-reactive ketones (excluding diaryl/α,β-unsaturated/α-hetero) is 1. The number of ketones is 1. The van der Waals surface area contributed by atoms with E-state index in [1.807, 2.05) is 20.8 Å². The van der Waals surface area contributed by atoms with Crippen LogP contribution in [0.3, 0.4) is 0 Å². The van der Waals surface area contributed by atoms with Crippen LogP contribution < -0.4 is 5.32 Å². The quantitative estimate of drug-likeness (QED) is 0.576. The lowest BCUT2D eigenvalue weighted by Crippen LogP contribution is -2.35. The summed E-state index contributed by atoms with van der Waals surface area (Å²) in [5, 5.41) is 2.94. The monoisotopic (exact) mass is 283 g/mol. The zero-order chi connectivity index (χ0) is 15.4. The lowest BCUT2D eigenvalue weighted by Gasteiger charge is -2.17. The third-order valence-electron chi connectivity index (χ3n) is 3.41. The van der Waals surface area contributed by atoms with Crippen molar-refractivity contribution >= 4 is 11.7 Å². The van der Waals surface area contributed by atoms with E-state index in [1.54, 1.807) is 0 Å². The molecule has 0 aromatic rings. The molecule has 0 aliphatic carbocycles. The minimum Gasteiger partial charge on any atom is -0.356 e. The molecule has 0 aromatic heterocycles. The summed E-state index contributed by atoms with van der Waals surface area (Å²) in [6.07, 6.45) is 9.08. The molecule has 0 saturated carbocycles. The van der Waals surface area contributed by atoms with E-state index in [1.165, 1.54) is 19.3 Å². The summed E-state index contributed by atoms with van der Waals surface area (Å²) in [6, 6.07) is 0. The lowest BCUT2D eigenvalue weighted by atomic mass is 9.95. The van der Waals surface area contributed by atoms with Crippen LogP contribution in [0, 0.1) is 5.41 Å². The topological polar surface area (TPSA) is 46.2 Å². The van der Waals surface area contributed by atoms with Crippen LogP contribution in [0.1, 0.15) is 85.5 Å². The maximum Gasteiger partial charge on any atom is 0.225 e. The third kappa shape index (κ3) is 11.0. The fourth-order valence-electron chi connectivity index (χ4n) is 1.96. The van der Waals surface area contributed by atoms with Gasteiger partial charge in [-0.05, 0) is 19.3 Å². The third-order valence-corrected chi connectivity index (χ3v) is 3.41. The highest BCUT2D eigenvalue weighted by Crippen LogP contribution is 2.12. The van der Waals surface area contributed by atoms with Gasteiger partial charge < -0.3 is 5.32 Å². The van der Waals surface area contributed by atoms with Crippen LogP contribution in [-0.2, 0) is 9.59 Å². The number of hydrogen-bond acceptors (Lipinski definition) is 2. The van der Waals surface area contributed by atoms with Gasteiger partial charge in [-0.25, -0.2) is 0 Å². The Morgan fingerprint density at radius 1 is 0.850 bits per heavy atom.